The zero-order chi connectivity index (χ0) is 23.6. The van der Waals surface area contributed by atoms with Crippen LogP contribution in [0.1, 0.15) is 47.4 Å². The van der Waals surface area contributed by atoms with Gasteiger partial charge in [-0.25, -0.2) is 12.7 Å². The van der Waals surface area contributed by atoms with Crippen molar-refractivity contribution in [2.45, 2.75) is 50.5 Å². The van der Waals surface area contributed by atoms with Gasteiger partial charge in [0.1, 0.15) is 5.82 Å². The van der Waals surface area contributed by atoms with Crippen LogP contribution in [0, 0.1) is 6.92 Å². The molecule has 33 heavy (non-hydrogen) atoms. The van der Waals surface area contributed by atoms with E-state index in [2.05, 4.69) is 20.1 Å². The normalized spacial score (nSPS) is 14.4. The van der Waals surface area contributed by atoms with Gasteiger partial charge in [0.2, 0.25) is 10.0 Å². The van der Waals surface area contributed by atoms with Crippen LogP contribution in [0.5, 0.6) is 0 Å². The quantitative estimate of drug-likeness (QED) is 0.614. The molecule has 0 radical (unpaired) electrons. The molecule has 9 heteroatoms. The fraction of sp³-hybridized carbons (Fsp3) is 0.375. The summed E-state index contributed by atoms with van der Waals surface area (Å²) in [5, 5.41) is 11.7. The van der Waals surface area contributed by atoms with E-state index in [0.717, 1.165) is 47.3 Å². The summed E-state index contributed by atoms with van der Waals surface area (Å²) < 4.78 is 28.2. The number of amides is 1. The number of anilines is 1. The molecule has 2 heterocycles. The number of hydrogen-bond donors (Lipinski definition) is 1. The lowest BCUT2D eigenvalue weighted by Crippen LogP contribution is -2.23. The van der Waals surface area contributed by atoms with Gasteiger partial charge in [-0.15, -0.1) is 10.2 Å². The van der Waals surface area contributed by atoms with Crippen molar-refractivity contribution in [2.75, 3.05) is 19.4 Å². The first-order valence-electron chi connectivity index (χ1n) is 11.1. The Balaban J connectivity index is 1.54. The number of nitrogens with one attached hydrogen (secondary N) is 1. The van der Waals surface area contributed by atoms with Crippen molar-refractivity contribution >= 4 is 21.6 Å². The molecule has 0 spiro atoms. The minimum Gasteiger partial charge on any atom is -0.322 e. The Labute approximate surface area is 194 Å². The Morgan fingerprint density at radius 2 is 1.73 bits per heavy atom. The first kappa shape index (κ1) is 23.1. The first-order chi connectivity index (χ1) is 15.8. The summed E-state index contributed by atoms with van der Waals surface area (Å²) in [7, 11) is -0.698. The highest BCUT2D eigenvalue weighted by atomic mass is 32.2. The zero-order valence-electron chi connectivity index (χ0n) is 19.2. The van der Waals surface area contributed by atoms with Crippen LogP contribution in [0.3, 0.4) is 0 Å². The van der Waals surface area contributed by atoms with Crippen LogP contribution < -0.4 is 5.32 Å². The smallest absolute Gasteiger partial charge is 0.255 e. The second-order valence-corrected chi connectivity index (χ2v) is 10.7. The third-order valence-electron chi connectivity index (χ3n) is 5.99. The number of aryl methyl sites for hydroxylation is 2. The summed E-state index contributed by atoms with van der Waals surface area (Å²) in [5.74, 6) is 1.52. The van der Waals surface area contributed by atoms with Crippen LogP contribution in [-0.4, -0.2) is 47.5 Å². The average Bonchev–Trinajstić information content (AvgIpc) is 3.15. The van der Waals surface area contributed by atoms with Gasteiger partial charge < -0.3 is 9.88 Å². The Morgan fingerprint density at radius 3 is 2.45 bits per heavy atom. The van der Waals surface area contributed by atoms with Gasteiger partial charge in [-0.05, 0) is 61.7 Å². The highest BCUT2D eigenvalue weighted by Gasteiger charge is 2.20. The third-order valence-corrected chi connectivity index (χ3v) is 7.80. The highest BCUT2D eigenvalue weighted by molar-refractivity contribution is 7.89. The van der Waals surface area contributed by atoms with Crippen LogP contribution in [0.15, 0.2) is 47.4 Å². The van der Waals surface area contributed by atoms with Crippen LogP contribution in [0.4, 0.5) is 5.69 Å². The molecule has 0 saturated heterocycles. The van der Waals surface area contributed by atoms with Gasteiger partial charge in [0.25, 0.3) is 5.91 Å². The molecular formula is C24H29N5O3S. The van der Waals surface area contributed by atoms with E-state index in [4.69, 9.17) is 0 Å². The zero-order valence-corrected chi connectivity index (χ0v) is 20.0. The molecule has 0 unspecified atom stereocenters. The Bertz CT molecular complexity index is 1260. The van der Waals surface area contributed by atoms with Gasteiger partial charge in [0.05, 0.1) is 4.90 Å². The van der Waals surface area contributed by atoms with Crippen LogP contribution in [-0.2, 0) is 23.0 Å². The SMILES string of the molecule is Cc1ccc(S(=O)(=O)N(C)C)cc1C(=O)Nc1ccc(-c2nnc3n2CCCCCC3)cc1. The lowest BCUT2D eigenvalue weighted by molar-refractivity contribution is 0.102. The summed E-state index contributed by atoms with van der Waals surface area (Å²) in [6.45, 7) is 2.70. The summed E-state index contributed by atoms with van der Waals surface area (Å²) in [6, 6.07) is 12.1. The maximum absolute atomic E-state index is 12.9. The van der Waals surface area contributed by atoms with E-state index in [0.29, 0.717) is 16.8 Å². The molecule has 0 fully saturated rings. The number of nitrogens with zero attached hydrogens (tertiary/aromatic N) is 4. The lowest BCUT2D eigenvalue weighted by atomic mass is 10.1. The Morgan fingerprint density at radius 1 is 1.00 bits per heavy atom. The number of aromatic nitrogens is 3. The highest BCUT2D eigenvalue weighted by Crippen LogP contribution is 2.25. The molecule has 0 atom stereocenters. The van der Waals surface area contributed by atoms with Crippen LogP contribution in [0.25, 0.3) is 11.4 Å². The van der Waals surface area contributed by atoms with Crippen molar-refractivity contribution in [1.29, 1.82) is 0 Å². The molecule has 1 amide bonds. The lowest BCUT2D eigenvalue weighted by Gasteiger charge is -2.14. The standard InChI is InChI=1S/C24H29N5O3S/c1-17-9-14-20(33(31,32)28(2)3)16-21(17)24(30)25-19-12-10-18(11-13-19)23-27-26-22-8-6-4-5-7-15-29(22)23/h9-14,16H,4-8,15H2,1-3H3,(H,25,30). The van der Waals surface area contributed by atoms with E-state index in [1.807, 2.05) is 24.3 Å². The number of hydrogen-bond acceptors (Lipinski definition) is 5. The van der Waals surface area contributed by atoms with E-state index in [9.17, 15) is 13.2 Å². The number of carbonyl (C=O) groups is 1. The summed E-state index contributed by atoms with van der Waals surface area (Å²) in [5.41, 5.74) is 2.59. The number of carbonyl (C=O) groups excluding carboxylic acids is 1. The number of sulfonamides is 1. The number of fused-ring (bicyclic) bond motifs is 1. The molecule has 2 aromatic carbocycles. The maximum Gasteiger partial charge on any atom is 0.255 e. The predicted molar refractivity (Wildman–Crippen MR) is 128 cm³/mol. The number of rotatable bonds is 5. The molecule has 1 N–H and O–H groups in total. The van der Waals surface area contributed by atoms with Crippen LogP contribution >= 0.6 is 0 Å². The van der Waals surface area contributed by atoms with Gasteiger partial charge in [-0.1, -0.05) is 18.9 Å². The second kappa shape index (κ2) is 9.44. The molecule has 174 valence electrons. The first-order valence-corrected chi connectivity index (χ1v) is 12.6. The van der Waals surface area contributed by atoms with E-state index in [1.165, 1.54) is 39.1 Å². The van der Waals surface area contributed by atoms with Crippen molar-refractivity contribution in [3.05, 3.63) is 59.4 Å². The van der Waals surface area contributed by atoms with Crippen molar-refractivity contribution in [3.63, 3.8) is 0 Å². The molecule has 1 aliphatic heterocycles. The van der Waals surface area contributed by atoms with Crippen molar-refractivity contribution in [2.24, 2.45) is 0 Å². The van der Waals surface area contributed by atoms with E-state index >= 15 is 0 Å². The van der Waals surface area contributed by atoms with E-state index < -0.39 is 10.0 Å². The van der Waals surface area contributed by atoms with E-state index in [1.54, 1.807) is 13.0 Å². The topological polar surface area (TPSA) is 97.2 Å². The van der Waals surface area contributed by atoms with Crippen LogP contribution in [0.2, 0.25) is 0 Å². The van der Waals surface area contributed by atoms with Gasteiger partial charge in [0.15, 0.2) is 5.82 Å². The monoisotopic (exact) mass is 467 g/mol. The summed E-state index contributed by atoms with van der Waals surface area (Å²) >= 11 is 0. The predicted octanol–water partition coefficient (Wildman–Crippen LogP) is 3.87. The molecule has 4 rings (SSSR count). The molecule has 3 aromatic rings. The number of benzene rings is 2. The molecular weight excluding hydrogens is 438 g/mol. The minimum atomic E-state index is -3.63. The molecule has 0 bridgehead atoms. The summed E-state index contributed by atoms with van der Waals surface area (Å²) in [4.78, 5) is 13.0. The van der Waals surface area contributed by atoms with Gasteiger partial charge in [-0.3, -0.25) is 4.79 Å². The Hall–Kier alpha value is -3.04. The summed E-state index contributed by atoms with van der Waals surface area (Å²) in [6.07, 6.45) is 5.66. The van der Waals surface area contributed by atoms with E-state index in [-0.39, 0.29) is 10.8 Å². The fourth-order valence-electron chi connectivity index (χ4n) is 3.99. The Kier molecular flexibility index (Phi) is 6.62. The van der Waals surface area contributed by atoms with Gasteiger partial charge in [-0.2, -0.15) is 0 Å². The van der Waals surface area contributed by atoms with Gasteiger partial charge in [0, 0.05) is 43.9 Å². The average molecular weight is 468 g/mol. The largest absolute Gasteiger partial charge is 0.322 e. The third kappa shape index (κ3) is 4.84. The fourth-order valence-corrected chi connectivity index (χ4v) is 4.92. The van der Waals surface area contributed by atoms with Crippen molar-refractivity contribution in [3.8, 4) is 11.4 Å². The molecule has 1 aliphatic rings. The molecule has 0 aliphatic carbocycles. The molecule has 8 nitrogen and oxygen atoms in total. The van der Waals surface area contributed by atoms with Gasteiger partial charge >= 0.3 is 0 Å². The van der Waals surface area contributed by atoms with Crippen molar-refractivity contribution < 1.29 is 13.2 Å². The molecule has 0 saturated carbocycles. The minimum absolute atomic E-state index is 0.0851. The van der Waals surface area contributed by atoms with Crippen molar-refractivity contribution in [1.82, 2.24) is 19.1 Å². The molecule has 1 aromatic heterocycles. The maximum atomic E-state index is 12.9. The second-order valence-electron chi connectivity index (χ2n) is 8.55.